The summed E-state index contributed by atoms with van der Waals surface area (Å²) < 4.78 is 31.6. The molecule has 1 N–H and O–H groups in total. The first kappa shape index (κ1) is 17.4. The lowest BCUT2D eigenvalue weighted by Gasteiger charge is -2.34. The molecule has 8 heteroatoms. The Morgan fingerprint density at radius 2 is 2.09 bits per heavy atom. The Morgan fingerprint density at radius 3 is 2.68 bits per heavy atom. The van der Waals surface area contributed by atoms with E-state index in [1.165, 1.54) is 15.6 Å². The molecule has 22 heavy (non-hydrogen) atoms. The minimum atomic E-state index is -3.37. The Balaban J connectivity index is 1.78. The smallest absolute Gasteiger partial charge is 0.225 e. The normalized spacial score (nSPS) is 23.4. The molecule has 0 aliphatic carbocycles. The van der Waals surface area contributed by atoms with Gasteiger partial charge in [-0.3, -0.25) is 4.79 Å². The third kappa shape index (κ3) is 5.05. The van der Waals surface area contributed by atoms with Crippen LogP contribution in [0.15, 0.2) is 17.5 Å². The number of hydrogen-bond donors (Lipinski definition) is 1. The maximum absolute atomic E-state index is 12.3. The van der Waals surface area contributed by atoms with Gasteiger partial charge in [-0.05, 0) is 25.3 Å². The lowest BCUT2D eigenvalue weighted by atomic mass is 10.3. The van der Waals surface area contributed by atoms with Gasteiger partial charge in [0, 0.05) is 24.5 Å². The summed E-state index contributed by atoms with van der Waals surface area (Å²) in [5.74, 6) is -0.232. The number of amides is 1. The Hall–Kier alpha value is -0.960. The third-order valence-corrected chi connectivity index (χ3v) is 6.06. The highest BCUT2D eigenvalue weighted by Gasteiger charge is 2.30. The second kappa shape index (κ2) is 7.54. The van der Waals surface area contributed by atoms with Crippen molar-refractivity contribution in [3.05, 3.63) is 22.4 Å². The van der Waals surface area contributed by atoms with Crippen LogP contribution in [0, 0.1) is 0 Å². The van der Waals surface area contributed by atoms with Crippen molar-refractivity contribution in [3.8, 4) is 0 Å². The maximum Gasteiger partial charge on any atom is 0.225 e. The van der Waals surface area contributed by atoms with E-state index in [1.807, 2.05) is 31.4 Å². The lowest BCUT2D eigenvalue weighted by Crippen LogP contribution is -2.49. The van der Waals surface area contributed by atoms with Crippen molar-refractivity contribution in [1.82, 2.24) is 9.62 Å². The maximum atomic E-state index is 12.3. The van der Waals surface area contributed by atoms with E-state index in [1.54, 1.807) is 0 Å². The molecular weight excluding hydrogens is 324 g/mol. The van der Waals surface area contributed by atoms with E-state index >= 15 is 0 Å². The molecule has 1 saturated heterocycles. The van der Waals surface area contributed by atoms with Crippen LogP contribution in [0.2, 0.25) is 0 Å². The standard InChI is InChI=1S/C14H22N2O4S2/c1-11-9-16(10-12(2)20-11)22(18,19)7-5-15-14(17)8-13-4-3-6-21-13/h3-4,6,11-12H,5,7-10H2,1-2H3,(H,15,17). The average molecular weight is 346 g/mol. The van der Waals surface area contributed by atoms with Gasteiger partial charge >= 0.3 is 0 Å². The van der Waals surface area contributed by atoms with E-state index in [9.17, 15) is 13.2 Å². The number of rotatable bonds is 6. The van der Waals surface area contributed by atoms with Gasteiger partial charge in [0.2, 0.25) is 15.9 Å². The second-order valence-corrected chi connectivity index (χ2v) is 8.62. The molecule has 1 aromatic heterocycles. The van der Waals surface area contributed by atoms with Crippen molar-refractivity contribution < 1.29 is 17.9 Å². The number of thiophene rings is 1. The molecule has 6 nitrogen and oxygen atoms in total. The first-order valence-corrected chi connectivity index (χ1v) is 9.78. The van der Waals surface area contributed by atoms with E-state index in [-0.39, 0.29) is 30.4 Å². The first-order valence-electron chi connectivity index (χ1n) is 7.29. The minimum Gasteiger partial charge on any atom is -0.373 e. The lowest BCUT2D eigenvalue weighted by molar-refractivity contribution is -0.120. The van der Waals surface area contributed by atoms with Crippen molar-refractivity contribution >= 4 is 27.3 Å². The van der Waals surface area contributed by atoms with E-state index in [2.05, 4.69) is 5.32 Å². The van der Waals surface area contributed by atoms with Gasteiger partial charge in [0.1, 0.15) is 0 Å². The summed E-state index contributed by atoms with van der Waals surface area (Å²) in [4.78, 5) is 12.7. The molecular formula is C14H22N2O4S2. The number of morpholine rings is 1. The number of nitrogens with one attached hydrogen (secondary N) is 1. The van der Waals surface area contributed by atoms with Crippen LogP contribution in [0.25, 0.3) is 0 Å². The van der Waals surface area contributed by atoms with Crippen LogP contribution in [0.3, 0.4) is 0 Å². The number of carbonyl (C=O) groups is 1. The molecule has 2 heterocycles. The molecule has 0 saturated carbocycles. The fourth-order valence-electron chi connectivity index (χ4n) is 2.44. The van der Waals surface area contributed by atoms with Gasteiger partial charge in [0.05, 0.1) is 24.4 Å². The molecule has 1 aromatic rings. The summed E-state index contributed by atoms with van der Waals surface area (Å²) in [6.45, 7) is 4.60. The van der Waals surface area contributed by atoms with Gasteiger partial charge in [-0.25, -0.2) is 8.42 Å². The number of ether oxygens (including phenoxy) is 1. The van der Waals surface area contributed by atoms with Crippen LogP contribution in [0.1, 0.15) is 18.7 Å². The number of carbonyl (C=O) groups excluding carboxylic acids is 1. The van der Waals surface area contributed by atoms with E-state index in [0.717, 1.165) is 4.88 Å². The van der Waals surface area contributed by atoms with E-state index < -0.39 is 10.0 Å². The van der Waals surface area contributed by atoms with Crippen LogP contribution >= 0.6 is 11.3 Å². The molecule has 0 bridgehead atoms. The topological polar surface area (TPSA) is 75.7 Å². The fraction of sp³-hybridized carbons (Fsp3) is 0.643. The summed E-state index contributed by atoms with van der Waals surface area (Å²) in [7, 11) is -3.37. The quantitative estimate of drug-likeness (QED) is 0.828. The summed E-state index contributed by atoms with van der Waals surface area (Å²) in [5.41, 5.74) is 0. The molecule has 1 aliphatic rings. The Morgan fingerprint density at radius 1 is 1.41 bits per heavy atom. The van der Waals surface area contributed by atoms with Crippen LogP contribution < -0.4 is 5.32 Å². The van der Waals surface area contributed by atoms with E-state index in [0.29, 0.717) is 19.5 Å². The zero-order valence-electron chi connectivity index (χ0n) is 12.8. The Labute approximate surface area is 135 Å². The van der Waals surface area contributed by atoms with Crippen molar-refractivity contribution in [2.24, 2.45) is 0 Å². The molecule has 1 aliphatic heterocycles. The second-order valence-electron chi connectivity index (χ2n) is 5.50. The van der Waals surface area contributed by atoms with Gasteiger partial charge in [0.15, 0.2) is 0 Å². The summed E-state index contributed by atoms with van der Waals surface area (Å²) in [6.07, 6.45) is 0.0856. The summed E-state index contributed by atoms with van der Waals surface area (Å²) in [6, 6.07) is 3.77. The monoisotopic (exact) mass is 346 g/mol. The number of nitrogens with zero attached hydrogens (tertiary/aromatic N) is 1. The van der Waals surface area contributed by atoms with Gasteiger partial charge in [-0.2, -0.15) is 4.31 Å². The van der Waals surface area contributed by atoms with Crippen LogP contribution in [0.4, 0.5) is 0 Å². The zero-order valence-corrected chi connectivity index (χ0v) is 14.5. The molecule has 124 valence electrons. The Bertz CT molecular complexity index is 576. The molecule has 2 unspecified atom stereocenters. The Kier molecular flexibility index (Phi) is 5.96. The predicted molar refractivity (Wildman–Crippen MR) is 86.4 cm³/mol. The highest BCUT2D eigenvalue weighted by molar-refractivity contribution is 7.89. The third-order valence-electron chi connectivity index (χ3n) is 3.38. The highest BCUT2D eigenvalue weighted by Crippen LogP contribution is 2.14. The molecule has 0 radical (unpaired) electrons. The van der Waals surface area contributed by atoms with Crippen LogP contribution in [0.5, 0.6) is 0 Å². The van der Waals surface area contributed by atoms with Crippen molar-refractivity contribution in [3.63, 3.8) is 0 Å². The first-order chi connectivity index (χ1) is 10.4. The zero-order chi connectivity index (χ0) is 16.2. The van der Waals surface area contributed by atoms with Crippen molar-refractivity contribution in [2.45, 2.75) is 32.5 Å². The van der Waals surface area contributed by atoms with Crippen molar-refractivity contribution in [2.75, 3.05) is 25.4 Å². The van der Waals surface area contributed by atoms with Gasteiger partial charge in [0.25, 0.3) is 0 Å². The molecule has 1 fully saturated rings. The molecule has 0 spiro atoms. The van der Waals surface area contributed by atoms with Gasteiger partial charge in [-0.15, -0.1) is 11.3 Å². The molecule has 0 aromatic carbocycles. The number of sulfonamides is 1. The summed E-state index contributed by atoms with van der Waals surface area (Å²) >= 11 is 1.51. The molecule has 1 amide bonds. The molecule has 2 rings (SSSR count). The van der Waals surface area contributed by atoms with Gasteiger partial charge in [-0.1, -0.05) is 6.07 Å². The largest absolute Gasteiger partial charge is 0.373 e. The minimum absolute atomic E-state index is 0.0807. The fourth-order valence-corrected chi connectivity index (χ4v) is 4.64. The summed E-state index contributed by atoms with van der Waals surface area (Å²) in [5, 5.41) is 4.58. The average Bonchev–Trinajstić information content (AvgIpc) is 2.90. The van der Waals surface area contributed by atoms with Gasteiger partial charge < -0.3 is 10.1 Å². The molecule has 2 atom stereocenters. The predicted octanol–water partition coefficient (Wildman–Crippen LogP) is 0.846. The van der Waals surface area contributed by atoms with Crippen LogP contribution in [-0.2, 0) is 26.0 Å². The van der Waals surface area contributed by atoms with E-state index in [4.69, 9.17) is 4.74 Å². The van der Waals surface area contributed by atoms with Crippen LogP contribution in [-0.4, -0.2) is 56.2 Å². The van der Waals surface area contributed by atoms with Crippen molar-refractivity contribution in [1.29, 1.82) is 0 Å². The number of hydrogen-bond acceptors (Lipinski definition) is 5. The SMILES string of the molecule is CC1CN(S(=O)(=O)CCNC(=O)Cc2cccs2)CC(C)O1. The highest BCUT2D eigenvalue weighted by atomic mass is 32.2.